The summed E-state index contributed by atoms with van der Waals surface area (Å²) in [6.45, 7) is 3.38. The van der Waals surface area contributed by atoms with Gasteiger partial charge in [-0.1, -0.05) is 11.8 Å². The van der Waals surface area contributed by atoms with Crippen molar-refractivity contribution < 1.29 is 13.6 Å². The molecule has 1 aromatic carbocycles. The molecule has 3 N–H and O–H groups in total. The van der Waals surface area contributed by atoms with E-state index in [1.54, 1.807) is 13.8 Å². The van der Waals surface area contributed by atoms with E-state index in [-0.39, 0.29) is 28.1 Å². The molecule has 1 aromatic heterocycles. The standard InChI is InChI=1S/C20H17F2N5OS/c1-9-3-10(7-23)8-25-17(9)18(28)26-11-4-13(16(22)14(21)5-11)20(2)12-6-15(12)29-19(24)27-20/h3-5,8,12,15H,6H2,1-2H3,(H2,24,27)(H,26,28)/t12?,15?,20-/m0/s1. The van der Waals surface area contributed by atoms with Crippen LogP contribution >= 0.6 is 11.8 Å². The van der Waals surface area contributed by atoms with Gasteiger partial charge >= 0.3 is 0 Å². The molecule has 148 valence electrons. The summed E-state index contributed by atoms with van der Waals surface area (Å²) in [5, 5.41) is 12.1. The van der Waals surface area contributed by atoms with Crippen LogP contribution in [0.2, 0.25) is 0 Å². The van der Waals surface area contributed by atoms with Gasteiger partial charge in [-0.25, -0.2) is 13.8 Å². The maximum atomic E-state index is 14.7. The van der Waals surface area contributed by atoms with Gasteiger partial charge in [0.05, 0.1) is 11.1 Å². The highest BCUT2D eigenvalue weighted by Gasteiger charge is 2.56. The van der Waals surface area contributed by atoms with Crippen LogP contribution in [0.5, 0.6) is 0 Å². The van der Waals surface area contributed by atoms with Crippen molar-refractivity contribution in [1.82, 2.24) is 4.98 Å². The molecule has 9 heteroatoms. The van der Waals surface area contributed by atoms with Crippen molar-refractivity contribution in [3.05, 3.63) is 58.4 Å². The van der Waals surface area contributed by atoms with Crippen LogP contribution in [0.15, 0.2) is 29.4 Å². The Morgan fingerprint density at radius 1 is 1.41 bits per heavy atom. The Bertz CT molecular complexity index is 1110. The minimum atomic E-state index is -1.08. The molecule has 1 fully saturated rings. The molecule has 1 aliphatic heterocycles. The highest BCUT2D eigenvalue weighted by molar-refractivity contribution is 8.14. The number of nitrogens with zero attached hydrogens (tertiary/aromatic N) is 3. The van der Waals surface area contributed by atoms with Crippen molar-refractivity contribution in [3.63, 3.8) is 0 Å². The number of pyridine rings is 1. The number of carbonyl (C=O) groups excluding carboxylic acids is 1. The van der Waals surface area contributed by atoms with Crippen LogP contribution in [0.4, 0.5) is 14.5 Å². The van der Waals surface area contributed by atoms with E-state index in [2.05, 4.69) is 15.3 Å². The fourth-order valence-corrected chi connectivity index (χ4v) is 5.03. The van der Waals surface area contributed by atoms with Gasteiger partial charge < -0.3 is 11.1 Å². The highest BCUT2D eigenvalue weighted by atomic mass is 32.2. The van der Waals surface area contributed by atoms with E-state index in [9.17, 15) is 13.6 Å². The zero-order valence-electron chi connectivity index (χ0n) is 15.7. The third kappa shape index (κ3) is 3.34. The van der Waals surface area contributed by atoms with Gasteiger partial charge in [0.15, 0.2) is 16.8 Å². The van der Waals surface area contributed by atoms with Gasteiger partial charge in [-0.3, -0.25) is 9.79 Å². The van der Waals surface area contributed by atoms with Crippen LogP contribution in [0.25, 0.3) is 0 Å². The zero-order chi connectivity index (χ0) is 20.9. The number of nitrogens with one attached hydrogen (secondary N) is 1. The number of hydrogen-bond acceptors (Lipinski definition) is 6. The van der Waals surface area contributed by atoms with Gasteiger partial charge in [0.2, 0.25) is 0 Å². The Kier molecular flexibility index (Phi) is 4.54. The average Bonchev–Trinajstić information content (AvgIpc) is 3.44. The number of carbonyl (C=O) groups is 1. The Balaban J connectivity index is 1.69. The van der Waals surface area contributed by atoms with Gasteiger partial charge in [-0.15, -0.1) is 0 Å². The van der Waals surface area contributed by atoms with Crippen molar-refractivity contribution >= 4 is 28.5 Å². The first-order valence-electron chi connectivity index (χ1n) is 8.92. The van der Waals surface area contributed by atoms with Crippen molar-refractivity contribution in [2.24, 2.45) is 16.6 Å². The summed E-state index contributed by atoms with van der Waals surface area (Å²) in [5.41, 5.74) is 5.97. The second-order valence-electron chi connectivity index (χ2n) is 7.37. The van der Waals surface area contributed by atoms with Crippen LogP contribution in [0.1, 0.15) is 40.5 Å². The number of thioether (sulfide) groups is 1. The average molecular weight is 413 g/mol. The number of aryl methyl sites for hydroxylation is 1. The lowest BCUT2D eigenvalue weighted by Crippen LogP contribution is -2.32. The molecule has 2 aliphatic rings. The quantitative estimate of drug-likeness (QED) is 0.802. The SMILES string of the molecule is Cc1cc(C#N)cnc1C(=O)Nc1cc(F)c(F)c([C@@]2(C)N=C(N)SC3CC32)c1. The molecule has 0 saturated heterocycles. The highest BCUT2D eigenvalue weighted by Crippen LogP contribution is 2.57. The summed E-state index contributed by atoms with van der Waals surface area (Å²) in [4.78, 5) is 21.0. The lowest BCUT2D eigenvalue weighted by Gasteiger charge is -2.30. The van der Waals surface area contributed by atoms with E-state index in [1.807, 2.05) is 6.07 Å². The van der Waals surface area contributed by atoms with E-state index in [0.29, 0.717) is 16.3 Å². The Labute approximate surface area is 170 Å². The minimum Gasteiger partial charge on any atom is -0.379 e. The number of hydrogen-bond donors (Lipinski definition) is 2. The predicted molar refractivity (Wildman–Crippen MR) is 106 cm³/mol. The number of rotatable bonds is 3. The summed E-state index contributed by atoms with van der Waals surface area (Å²) in [5.74, 6) is -2.59. The largest absolute Gasteiger partial charge is 0.379 e. The first kappa shape index (κ1) is 19.3. The normalized spacial score (nSPS) is 24.9. The van der Waals surface area contributed by atoms with E-state index in [0.717, 1.165) is 12.5 Å². The number of nitrogens with two attached hydrogens (primary N) is 1. The molecule has 0 bridgehead atoms. The van der Waals surface area contributed by atoms with Crippen LogP contribution < -0.4 is 11.1 Å². The molecule has 1 saturated carbocycles. The number of anilines is 1. The number of halogens is 2. The van der Waals surface area contributed by atoms with Crippen LogP contribution in [-0.2, 0) is 5.54 Å². The second kappa shape index (κ2) is 6.81. The van der Waals surface area contributed by atoms with E-state index in [4.69, 9.17) is 11.0 Å². The van der Waals surface area contributed by atoms with Crippen molar-refractivity contribution in [1.29, 1.82) is 5.26 Å². The molecule has 6 nitrogen and oxygen atoms in total. The fourth-order valence-electron chi connectivity index (χ4n) is 3.74. The van der Waals surface area contributed by atoms with E-state index in [1.165, 1.54) is 30.1 Å². The number of fused-ring (bicyclic) bond motifs is 1. The molecule has 0 radical (unpaired) electrons. The van der Waals surface area contributed by atoms with Gasteiger partial charge in [-0.2, -0.15) is 5.26 Å². The van der Waals surface area contributed by atoms with Crippen LogP contribution in [0, 0.1) is 35.8 Å². The van der Waals surface area contributed by atoms with Crippen LogP contribution in [0.3, 0.4) is 0 Å². The first-order valence-corrected chi connectivity index (χ1v) is 9.80. The van der Waals surface area contributed by atoms with Gasteiger partial charge in [0.25, 0.3) is 5.91 Å². The first-order chi connectivity index (χ1) is 13.7. The van der Waals surface area contributed by atoms with E-state index < -0.39 is 23.1 Å². The molecular weight excluding hydrogens is 396 g/mol. The summed E-state index contributed by atoms with van der Waals surface area (Å²) < 4.78 is 29.1. The molecular formula is C20H17F2N5OS. The number of amides is 1. The molecule has 2 heterocycles. The number of nitriles is 1. The second-order valence-corrected chi connectivity index (χ2v) is 8.63. The molecule has 4 rings (SSSR count). The number of benzene rings is 1. The summed E-state index contributed by atoms with van der Waals surface area (Å²) in [7, 11) is 0. The Morgan fingerprint density at radius 3 is 2.86 bits per heavy atom. The van der Waals surface area contributed by atoms with Crippen molar-refractivity contribution in [2.45, 2.75) is 31.1 Å². The molecule has 2 aromatic rings. The third-order valence-electron chi connectivity index (χ3n) is 5.32. The lowest BCUT2D eigenvalue weighted by molar-refractivity contribution is 0.102. The number of aliphatic imine (C=N–C) groups is 1. The van der Waals surface area contributed by atoms with Gasteiger partial charge in [0, 0.05) is 34.7 Å². The molecule has 2 unspecified atom stereocenters. The van der Waals surface area contributed by atoms with E-state index >= 15 is 0 Å². The number of aromatic nitrogens is 1. The monoisotopic (exact) mass is 413 g/mol. The minimum absolute atomic E-state index is 0.0575. The van der Waals surface area contributed by atoms with Crippen LogP contribution in [-0.4, -0.2) is 21.3 Å². The lowest BCUT2D eigenvalue weighted by atomic mass is 9.86. The zero-order valence-corrected chi connectivity index (χ0v) is 16.5. The smallest absolute Gasteiger partial charge is 0.274 e. The maximum Gasteiger partial charge on any atom is 0.274 e. The van der Waals surface area contributed by atoms with Crippen molar-refractivity contribution in [3.8, 4) is 6.07 Å². The summed E-state index contributed by atoms with van der Waals surface area (Å²) in [6.07, 6.45) is 2.10. The summed E-state index contributed by atoms with van der Waals surface area (Å²) in [6, 6.07) is 5.80. The molecule has 1 aliphatic carbocycles. The van der Waals surface area contributed by atoms with Gasteiger partial charge in [0.1, 0.15) is 11.8 Å². The summed E-state index contributed by atoms with van der Waals surface area (Å²) >= 11 is 1.45. The van der Waals surface area contributed by atoms with Gasteiger partial charge in [-0.05, 0) is 38.0 Å². The topological polar surface area (TPSA) is 104 Å². The fraction of sp³-hybridized carbons (Fsp3) is 0.300. The third-order valence-corrected chi connectivity index (χ3v) is 6.48. The van der Waals surface area contributed by atoms with Crippen molar-refractivity contribution in [2.75, 3.05) is 5.32 Å². The molecule has 29 heavy (non-hydrogen) atoms. The Hall–Kier alpha value is -2.99. The Morgan fingerprint density at radius 2 is 2.17 bits per heavy atom. The molecule has 0 spiro atoms. The molecule has 3 atom stereocenters. The maximum absolute atomic E-state index is 14.7. The predicted octanol–water partition coefficient (Wildman–Crippen LogP) is 3.46. The molecule has 1 amide bonds. The number of amidine groups is 1.